The third kappa shape index (κ3) is 4.61. The van der Waals surface area contributed by atoms with Crippen LogP contribution < -0.4 is 4.74 Å². The summed E-state index contributed by atoms with van der Waals surface area (Å²) in [6.07, 6.45) is -5.03. The first-order valence-electron chi connectivity index (χ1n) is 12.8. The Labute approximate surface area is 258 Å². The number of alkyl halides is 3. The second-order valence-electron chi connectivity index (χ2n) is 9.66. The third-order valence-electron chi connectivity index (χ3n) is 7.20. The normalized spacial score (nSPS) is 15.4. The van der Waals surface area contributed by atoms with Crippen molar-refractivity contribution in [1.29, 1.82) is 15.8 Å². The highest BCUT2D eigenvalue weighted by Gasteiger charge is 2.43. The Morgan fingerprint density at radius 1 is 0.717 bits per heavy atom. The zero-order valence-corrected chi connectivity index (χ0v) is 23.1. The summed E-state index contributed by atoms with van der Waals surface area (Å²) >= 11 is 0. The molecule has 2 aliphatic rings. The van der Waals surface area contributed by atoms with Crippen molar-refractivity contribution in [2.45, 2.75) is 13.3 Å². The van der Waals surface area contributed by atoms with Crippen molar-refractivity contribution in [3.8, 4) is 24.0 Å². The molecule has 0 bridgehead atoms. The SMILES string of the molecule is [C-]#[N+]C1=C(c2ccc(C)cc2)/C(=C(/C#N)[N+]#[C-])c2c(F)c3c(c(F)c21)C(C#N)=C(c1ccc(OC(F)(F)F)cc1)/C3=C(\C#N)[N+]#[C-]. The molecule has 7 nitrogen and oxygen atoms in total. The van der Waals surface area contributed by atoms with Gasteiger partial charge in [-0.05, 0) is 46.9 Å². The Balaban J connectivity index is 1.94. The number of allylic oxidation sites excluding steroid dienone is 7. The van der Waals surface area contributed by atoms with E-state index in [0.29, 0.717) is 0 Å². The fraction of sp³-hybridized carbons (Fsp3) is 0.0588. The van der Waals surface area contributed by atoms with E-state index in [1.54, 1.807) is 49.4 Å². The molecule has 0 spiro atoms. The lowest BCUT2D eigenvalue weighted by Crippen LogP contribution is -2.17. The topological polar surface area (TPSA) is 93.7 Å². The molecule has 2 aliphatic carbocycles. The van der Waals surface area contributed by atoms with Crippen LogP contribution in [0, 0.1) is 72.3 Å². The van der Waals surface area contributed by atoms with Crippen molar-refractivity contribution < 1.29 is 26.7 Å². The summed E-state index contributed by atoms with van der Waals surface area (Å²) in [6.45, 7) is 24.9. The Hall–Kier alpha value is -6.99. The van der Waals surface area contributed by atoms with Gasteiger partial charge in [-0.15, -0.1) is 13.2 Å². The van der Waals surface area contributed by atoms with Crippen molar-refractivity contribution in [2.24, 2.45) is 0 Å². The van der Waals surface area contributed by atoms with E-state index in [1.807, 2.05) is 0 Å². The van der Waals surface area contributed by atoms with Gasteiger partial charge in [0, 0.05) is 27.8 Å². The van der Waals surface area contributed by atoms with Crippen LogP contribution in [0.3, 0.4) is 0 Å². The van der Waals surface area contributed by atoms with Gasteiger partial charge in [0.25, 0.3) is 11.4 Å². The number of fused-ring (bicyclic) bond motifs is 2. The van der Waals surface area contributed by atoms with Gasteiger partial charge in [-0.1, -0.05) is 42.0 Å². The van der Waals surface area contributed by atoms with Gasteiger partial charge in [-0.3, -0.25) is 0 Å². The first kappa shape index (κ1) is 30.5. The second-order valence-corrected chi connectivity index (χ2v) is 9.66. The van der Waals surface area contributed by atoms with Crippen molar-refractivity contribution in [2.75, 3.05) is 0 Å². The van der Waals surface area contributed by atoms with Crippen LogP contribution in [0.1, 0.15) is 38.9 Å². The molecule has 0 saturated heterocycles. The molecule has 0 fully saturated rings. The molecule has 12 heteroatoms. The molecule has 0 unspecified atom stereocenters. The standard InChI is InChI=1S/C34H11F5N6O/c1-16-5-7-18(8-6-16)24-27(22(15-42)44-3)29-30(33(24)45-4)31(35)25-20(13-40)23(26(21(14-41)43-2)28(25)32(29)36)17-9-11-19(12-10-17)46-34(37,38)39/h5-12H,1H3/b26-21-,27-22+. The number of nitrogens with zero attached hydrogens (tertiary/aromatic N) is 6. The lowest BCUT2D eigenvalue weighted by Gasteiger charge is -2.15. The number of ether oxygens (including phenoxy) is 1. The lowest BCUT2D eigenvalue weighted by atomic mass is 9.90. The Morgan fingerprint density at radius 2 is 1.20 bits per heavy atom. The minimum Gasteiger partial charge on any atom is -0.406 e. The third-order valence-corrected chi connectivity index (χ3v) is 7.20. The van der Waals surface area contributed by atoms with Gasteiger partial charge in [0.1, 0.15) is 23.5 Å². The fourth-order valence-electron chi connectivity index (χ4n) is 5.44. The Kier molecular flexibility index (Phi) is 7.46. The van der Waals surface area contributed by atoms with Crippen LogP contribution in [0.25, 0.3) is 48.1 Å². The minimum absolute atomic E-state index is 0.0800. The van der Waals surface area contributed by atoms with Gasteiger partial charge < -0.3 is 4.74 Å². The molecule has 0 heterocycles. The largest absolute Gasteiger partial charge is 0.573 e. The molecule has 46 heavy (non-hydrogen) atoms. The molecule has 0 saturated carbocycles. The summed E-state index contributed by atoms with van der Waals surface area (Å²) in [4.78, 5) is 9.79. The van der Waals surface area contributed by atoms with Gasteiger partial charge in [0.15, 0.2) is 0 Å². The van der Waals surface area contributed by atoms with Crippen LogP contribution in [0.5, 0.6) is 5.75 Å². The first-order valence-corrected chi connectivity index (χ1v) is 12.8. The number of benzene rings is 3. The molecule has 0 aromatic heterocycles. The zero-order valence-electron chi connectivity index (χ0n) is 23.1. The predicted octanol–water partition coefficient (Wildman–Crippen LogP) is 8.73. The van der Waals surface area contributed by atoms with Crippen molar-refractivity contribution in [3.63, 3.8) is 0 Å². The van der Waals surface area contributed by atoms with E-state index in [4.69, 9.17) is 19.7 Å². The quantitative estimate of drug-likeness (QED) is 0.168. The maximum absolute atomic E-state index is 17.1. The summed E-state index contributed by atoms with van der Waals surface area (Å²) in [7, 11) is 0. The highest BCUT2D eigenvalue weighted by atomic mass is 19.4. The van der Waals surface area contributed by atoms with E-state index < -0.39 is 74.2 Å². The Bertz CT molecular complexity index is 2250. The molecule has 0 N–H and O–H groups in total. The van der Waals surface area contributed by atoms with E-state index in [1.165, 1.54) is 0 Å². The Morgan fingerprint density at radius 3 is 1.67 bits per heavy atom. The predicted molar refractivity (Wildman–Crippen MR) is 155 cm³/mol. The summed E-state index contributed by atoms with van der Waals surface area (Å²) in [5.41, 5.74) is -5.46. The second kappa shape index (κ2) is 11.3. The van der Waals surface area contributed by atoms with Gasteiger partial charge in [-0.25, -0.2) is 33.8 Å². The number of hydrogen-bond donors (Lipinski definition) is 0. The number of halogens is 5. The van der Waals surface area contributed by atoms with Crippen molar-refractivity contribution in [3.05, 3.63) is 145 Å². The monoisotopic (exact) mass is 614 g/mol. The van der Waals surface area contributed by atoms with Gasteiger partial charge >= 0.3 is 6.36 Å². The number of aryl methyl sites for hydroxylation is 1. The maximum atomic E-state index is 17.1. The fourth-order valence-corrected chi connectivity index (χ4v) is 5.44. The molecule has 3 aromatic rings. The molecule has 0 radical (unpaired) electrons. The summed E-state index contributed by atoms with van der Waals surface area (Å²) in [5, 5.41) is 29.9. The van der Waals surface area contributed by atoms with Gasteiger partial charge in [-0.2, -0.15) is 5.26 Å². The van der Waals surface area contributed by atoms with Crippen LogP contribution in [0.2, 0.25) is 0 Å². The highest BCUT2D eigenvalue weighted by Crippen LogP contribution is 2.57. The van der Waals surface area contributed by atoms with E-state index in [-0.39, 0.29) is 27.8 Å². The molecular formula is C34H11F5N6O. The number of nitriles is 3. The first-order chi connectivity index (χ1) is 22.0. The van der Waals surface area contributed by atoms with Crippen molar-refractivity contribution in [1.82, 2.24) is 0 Å². The summed E-state index contributed by atoms with van der Waals surface area (Å²) in [5.74, 6) is -3.25. The van der Waals surface area contributed by atoms with E-state index in [9.17, 15) is 29.0 Å². The molecular weight excluding hydrogens is 603 g/mol. The van der Waals surface area contributed by atoms with Gasteiger partial charge in [0.2, 0.25) is 5.70 Å². The van der Waals surface area contributed by atoms with E-state index >= 15 is 8.78 Å². The molecule has 3 aromatic carbocycles. The molecule has 218 valence electrons. The summed E-state index contributed by atoms with van der Waals surface area (Å²) < 4.78 is 76.1. The van der Waals surface area contributed by atoms with E-state index in [0.717, 1.165) is 29.8 Å². The average molecular weight is 614 g/mol. The van der Waals surface area contributed by atoms with Gasteiger partial charge in [0.05, 0.1) is 37.4 Å². The molecule has 0 aliphatic heterocycles. The van der Waals surface area contributed by atoms with Crippen LogP contribution in [0.4, 0.5) is 22.0 Å². The van der Waals surface area contributed by atoms with Crippen LogP contribution in [-0.2, 0) is 0 Å². The minimum atomic E-state index is -5.03. The van der Waals surface area contributed by atoms with Crippen LogP contribution in [-0.4, -0.2) is 6.36 Å². The average Bonchev–Trinajstić information content (AvgIpc) is 3.56. The highest BCUT2D eigenvalue weighted by molar-refractivity contribution is 6.29. The molecule has 0 atom stereocenters. The maximum Gasteiger partial charge on any atom is 0.573 e. The van der Waals surface area contributed by atoms with E-state index in [2.05, 4.69) is 19.3 Å². The zero-order chi connectivity index (χ0) is 33.5. The smallest absolute Gasteiger partial charge is 0.406 e. The van der Waals surface area contributed by atoms with Crippen molar-refractivity contribution >= 4 is 33.6 Å². The summed E-state index contributed by atoms with van der Waals surface area (Å²) in [6, 6.07) is 15.3. The van der Waals surface area contributed by atoms with Crippen LogP contribution in [0.15, 0.2) is 59.9 Å². The lowest BCUT2D eigenvalue weighted by molar-refractivity contribution is -0.274. The number of hydrogen-bond acceptors (Lipinski definition) is 4. The molecule has 5 rings (SSSR count). The number of rotatable bonds is 3. The molecule has 0 amide bonds. The van der Waals surface area contributed by atoms with Crippen LogP contribution >= 0.6 is 0 Å².